The largest absolute Gasteiger partial charge is 0.507 e. The van der Waals surface area contributed by atoms with Crippen LogP contribution in [0.1, 0.15) is 24.4 Å². The first kappa shape index (κ1) is 22.5. The molecular formula is C27H22FN7O2. The molecule has 2 aromatic carbocycles. The number of halogens is 1. The molecule has 37 heavy (non-hydrogen) atoms. The molecule has 0 bridgehead atoms. The Morgan fingerprint density at radius 1 is 1.08 bits per heavy atom. The molecule has 0 saturated carbocycles. The fraction of sp³-hybridized carbons (Fsp3) is 0.111. The lowest BCUT2D eigenvalue weighted by Gasteiger charge is -2.20. The van der Waals surface area contributed by atoms with Crippen LogP contribution in [0.15, 0.2) is 78.1 Å². The molecule has 3 N–H and O–H groups in total. The van der Waals surface area contributed by atoms with Crippen molar-refractivity contribution in [2.45, 2.75) is 19.9 Å². The number of nitrogens with zero attached hydrogens (tertiary/aromatic N) is 5. The molecule has 4 heterocycles. The van der Waals surface area contributed by atoms with Crippen LogP contribution in [0, 0.1) is 12.7 Å². The van der Waals surface area contributed by atoms with Crippen LogP contribution in [-0.2, 0) is 0 Å². The summed E-state index contributed by atoms with van der Waals surface area (Å²) in [5, 5.41) is 19.1. The number of phenols is 1. The maximum Gasteiger partial charge on any atom is 0.282 e. The van der Waals surface area contributed by atoms with Gasteiger partial charge in [0.1, 0.15) is 34.9 Å². The van der Waals surface area contributed by atoms with Gasteiger partial charge in [-0.15, -0.1) is 0 Å². The van der Waals surface area contributed by atoms with Crippen LogP contribution in [0.4, 0.5) is 10.2 Å². The first-order valence-corrected chi connectivity index (χ1v) is 11.7. The van der Waals surface area contributed by atoms with Crippen molar-refractivity contribution in [2.24, 2.45) is 0 Å². The van der Waals surface area contributed by atoms with Gasteiger partial charge < -0.3 is 15.4 Å². The number of nitrogens with one attached hydrogen (secondary N) is 2. The summed E-state index contributed by atoms with van der Waals surface area (Å²) < 4.78 is 17.2. The van der Waals surface area contributed by atoms with E-state index in [4.69, 9.17) is 5.10 Å². The van der Waals surface area contributed by atoms with Gasteiger partial charge in [0.15, 0.2) is 5.82 Å². The zero-order valence-corrected chi connectivity index (χ0v) is 20.0. The third-order valence-electron chi connectivity index (χ3n) is 6.39. The Morgan fingerprint density at radius 3 is 2.70 bits per heavy atom. The minimum absolute atomic E-state index is 0.0711. The van der Waals surface area contributed by atoms with Gasteiger partial charge in [0.25, 0.3) is 5.56 Å². The highest BCUT2D eigenvalue weighted by Gasteiger charge is 2.22. The van der Waals surface area contributed by atoms with E-state index in [-0.39, 0.29) is 11.3 Å². The highest BCUT2D eigenvalue weighted by molar-refractivity contribution is 6.02. The number of benzene rings is 2. The number of aromatic hydroxyl groups is 1. The molecular weight excluding hydrogens is 473 g/mol. The summed E-state index contributed by atoms with van der Waals surface area (Å²) in [5.41, 5.74) is 3.18. The van der Waals surface area contributed by atoms with E-state index in [1.54, 1.807) is 21.5 Å². The van der Waals surface area contributed by atoms with Crippen LogP contribution < -0.4 is 10.9 Å². The number of aryl methyl sites for hydroxylation is 1. The highest BCUT2D eigenvalue weighted by Crippen LogP contribution is 2.37. The van der Waals surface area contributed by atoms with E-state index in [1.807, 2.05) is 50.2 Å². The molecule has 0 spiro atoms. The summed E-state index contributed by atoms with van der Waals surface area (Å²) in [6, 6.07) is 14.5. The number of rotatable bonds is 5. The molecule has 9 nitrogen and oxygen atoms in total. The van der Waals surface area contributed by atoms with Crippen LogP contribution in [0.3, 0.4) is 0 Å². The predicted molar refractivity (Wildman–Crippen MR) is 139 cm³/mol. The van der Waals surface area contributed by atoms with Crippen LogP contribution in [0.5, 0.6) is 5.75 Å². The third-order valence-corrected chi connectivity index (χ3v) is 6.39. The van der Waals surface area contributed by atoms with Gasteiger partial charge in [-0.25, -0.2) is 18.9 Å². The number of aromatic nitrogens is 6. The van der Waals surface area contributed by atoms with Crippen molar-refractivity contribution in [2.75, 3.05) is 5.32 Å². The van der Waals surface area contributed by atoms with Gasteiger partial charge in [-0.1, -0.05) is 18.2 Å². The van der Waals surface area contributed by atoms with Crippen LogP contribution in [-0.4, -0.2) is 34.2 Å². The maximum atomic E-state index is 14.0. The fourth-order valence-electron chi connectivity index (χ4n) is 4.62. The lowest BCUT2D eigenvalue weighted by atomic mass is 10.0. The molecule has 0 unspecified atom stereocenters. The van der Waals surface area contributed by atoms with Crippen LogP contribution in [0.2, 0.25) is 0 Å². The summed E-state index contributed by atoms with van der Waals surface area (Å²) in [7, 11) is 0. The van der Waals surface area contributed by atoms with E-state index >= 15 is 0 Å². The zero-order valence-electron chi connectivity index (χ0n) is 20.0. The predicted octanol–water partition coefficient (Wildman–Crippen LogP) is 4.75. The number of fused-ring (bicyclic) bond motifs is 2. The summed E-state index contributed by atoms with van der Waals surface area (Å²) in [6.45, 7) is 3.76. The van der Waals surface area contributed by atoms with Crippen LogP contribution in [0.25, 0.3) is 33.4 Å². The summed E-state index contributed by atoms with van der Waals surface area (Å²) in [4.78, 5) is 25.4. The number of anilines is 1. The maximum absolute atomic E-state index is 14.0. The second-order valence-corrected chi connectivity index (χ2v) is 8.80. The average Bonchev–Trinajstić information content (AvgIpc) is 3.50. The first-order chi connectivity index (χ1) is 17.9. The molecule has 184 valence electrons. The van der Waals surface area contributed by atoms with Gasteiger partial charge in [0.2, 0.25) is 0 Å². The number of hydrogen-bond acceptors (Lipinski definition) is 6. The number of para-hydroxylation sites is 1. The average molecular weight is 496 g/mol. The zero-order chi connectivity index (χ0) is 25.7. The van der Waals surface area contributed by atoms with Crippen molar-refractivity contribution >= 4 is 22.4 Å². The van der Waals surface area contributed by atoms with Gasteiger partial charge >= 0.3 is 0 Å². The normalized spacial score (nSPS) is 12.3. The van der Waals surface area contributed by atoms with Gasteiger partial charge in [0.05, 0.1) is 17.1 Å². The molecule has 0 amide bonds. The quantitative estimate of drug-likeness (QED) is 0.318. The third kappa shape index (κ3) is 3.70. The van der Waals surface area contributed by atoms with Gasteiger partial charge in [-0.05, 0) is 55.8 Å². The Labute approximate surface area is 209 Å². The van der Waals surface area contributed by atoms with E-state index in [9.17, 15) is 14.3 Å². The summed E-state index contributed by atoms with van der Waals surface area (Å²) in [5.74, 6) is 0.359. The topological polar surface area (TPSA) is 113 Å². The highest BCUT2D eigenvalue weighted by atomic mass is 19.1. The number of aromatic amines is 1. The van der Waals surface area contributed by atoms with E-state index in [0.29, 0.717) is 45.0 Å². The lowest BCUT2D eigenvalue weighted by molar-refractivity contribution is 0.475. The van der Waals surface area contributed by atoms with Crippen molar-refractivity contribution in [3.05, 3.63) is 101 Å². The van der Waals surface area contributed by atoms with Crippen molar-refractivity contribution < 1.29 is 9.50 Å². The summed E-state index contributed by atoms with van der Waals surface area (Å²) in [6.07, 6.45) is 4.81. The van der Waals surface area contributed by atoms with Crippen molar-refractivity contribution in [1.82, 2.24) is 29.1 Å². The molecule has 10 heteroatoms. The SMILES string of the molecule is Cc1ccn2nc([C@H](C)Nc3ncnc4[nH]cc(-c5cc(F)ccc5O)c34)n(-c3ccccc3)c(=O)c12. The molecule has 6 rings (SSSR count). The van der Waals surface area contributed by atoms with Gasteiger partial charge in [-0.3, -0.25) is 9.36 Å². The monoisotopic (exact) mass is 495 g/mol. The summed E-state index contributed by atoms with van der Waals surface area (Å²) >= 11 is 0. The van der Waals surface area contributed by atoms with Crippen molar-refractivity contribution in [3.63, 3.8) is 0 Å². The van der Waals surface area contributed by atoms with Gasteiger partial charge in [-0.2, -0.15) is 5.10 Å². The second kappa shape index (κ2) is 8.59. The molecule has 1 atom stereocenters. The molecule has 0 aliphatic rings. The molecule has 0 fully saturated rings. The van der Waals surface area contributed by atoms with Gasteiger partial charge in [0, 0.05) is 23.5 Å². The molecule has 6 aromatic rings. The standard InChI is InChI=1S/C27H22FN7O2/c1-15-10-11-34-23(15)27(37)35(18-6-4-3-5-7-18)26(33-34)16(2)32-25-22-20(13-29-24(22)30-14-31-25)19-12-17(28)8-9-21(19)36/h3-14,16,36H,1-2H3,(H2,29,30,31,32)/t16-/m0/s1. The molecule has 0 aliphatic heterocycles. The first-order valence-electron chi connectivity index (χ1n) is 11.7. The Bertz CT molecular complexity index is 1840. The smallest absolute Gasteiger partial charge is 0.282 e. The van der Waals surface area contributed by atoms with E-state index in [1.165, 1.54) is 24.5 Å². The lowest BCUT2D eigenvalue weighted by Crippen LogP contribution is -2.29. The molecule has 0 saturated heterocycles. The minimum atomic E-state index is -0.484. The van der Waals surface area contributed by atoms with Crippen LogP contribution >= 0.6 is 0 Å². The minimum Gasteiger partial charge on any atom is -0.507 e. The number of phenolic OH excluding ortho intramolecular Hbond substituents is 1. The van der Waals surface area contributed by atoms with E-state index in [0.717, 1.165) is 5.56 Å². The Hall–Kier alpha value is -4.99. The van der Waals surface area contributed by atoms with E-state index in [2.05, 4.69) is 20.3 Å². The van der Waals surface area contributed by atoms with E-state index < -0.39 is 11.9 Å². The number of hydrogen-bond donors (Lipinski definition) is 3. The Kier molecular flexibility index (Phi) is 5.22. The molecule has 0 aliphatic carbocycles. The second-order valence-electron chi connectivity index (χ2n) is 8.80. The van der Waals surface area contributed by atoms with Crippen molar-refractivity contribution in [3.8, 4) is 22.6 Å². The Morgan fingerprint density at radius 2 is 1.89 bits per heavy atom. The fourth-order valence-corrected chi connectivity index (χ4v) is 4.62. The van der Waals surface area contributed by atoms with Crippen molar-refractivity contribution in [1.29, 1.82) is 0 Å². The Balaban J connectivity index is 1.51. The number of H-pyrrole nitrogens is 1. The molecule has 4 aromatic heterocycles. The molecule has 0 radical (unpaired) electrons.